The number of imidazole rings is 1. The molecule has 3 heteroatoms. The highest BCUT2D eigenvalue weighted by Gasteiger charge is 2.14. The van der Waals surface area contributed by atoms with Gasteiger partial charge in [0.15, 0.2) is 5.58 Å². The van der Waals surface area contributed by atoms with Crippen molar-refractivity contribution in [2.45, 2.75) is 0 Å². The Morgan fingerprint density at radius 1 is 0.818 bits per heavy atom. The largest absolute Gasteiger partial charge is 0.436 e. The minimum absolute atomic E-state index is 0.768. The normalized spacial score (nSPS) is 11.6. The van der Waals surface area contributed by atoms with E-state index in [9.17, 15) is 0 Å². The number of fused-ring (bicyclic) bond motifs is 4. The molecule has 3 nitrogen and oxygen atoms in total. The van der Waals surface area contributed by atoms with E-state index < -0.39 is 0 Å². The molecule has 0 aliphatic carbocycles. The van der Waals surface area contributed by atoms with Gasteiger partial charge >= 0.3 is 0 Å². The maximum absolute atomic E-state index is 5.96. The highest BCUT2D eigenvalue weighted by Crippen LogP contribution is 2.30. The second-order valence-corrected chi connectivity index (χ2v) is 5.39. The molecule has 0 bridgehead atoms. The summed E-state index contributed by atoms with van der Waals surface area (Å²) in [5.74, 6) is 0.907. The third kappa shape index (κ3) is 1.53. The van der Waals surface area contributed by atoms with Gasteiger partial charge in [-0.2, -0.15) is 0 Å². The molecule has 0 radical (unpaired) electrons. The summed E-state index contributed by atoms with van der Waals surface area (Å²) in [6, 6.07) is 22.7. The fraction of sp³-hybridized carbons (Fsp3) is 0. The first-order valence-electron chi connectivity index (χ1n) is 7.24. The quantitative estimate of drug-likeness (QED) is 0.438. The van der Waals surface area contributed by atoms with Crippen LogP contribution in [0.25, 0.3) is 39.0 Å². The molecule has 5 rings (SSSR count). The van der Waals surface area contributed by atoms with Crippen LogP contribution < -0.4 is 0 Å². The molecular weight excluding hydrogens is 272 g/mol. The van der Waals surface area contributed by atoms with Gasteiger partial charge in [0.1, 0.15) is 5.82 Å². The maximum Gasteiger partial charge on any atom is 0.225 e. The molecule has 2 heterocycles. The zero-order chi connectivity index (χ0) is 14.5. The van der Waals surface area contributed by atoms with Crippen molar-refractivity contribution in [2.75, 3.05) is 0 Å². The summed E-state index contributed by atoms with van der Waals surface area (Å²) in [6.07, 6.45) is 1.78. The number of aromatic nitrogens is 2. The van der Waals surface area contributed by atoms with Crippen LogP contribution in [0, 0.1) is 0 Å². The van der Waals surface area contributed by atoms with Gasteiger partial charge in [-0.1, -0.05) is 54.6 Å². The molecule has 3 aromatic carbocycles. The molecule has 22 heavy (non-hydrogen) atoms. The predicted octanol–water partition coefficient (Wildman–Crippen LogP) is 4.90. The van der Waals surface area contributed by atoms with E-state index in [1.807, 2.05) is 24.3 Å². The highest BCUT2D eigenvalue weighted by atomic mass is 16.3. The van der Waals surface area contributed by atoms with Crippen molar-refractivity contribution < 1.29 is 4.42 Å². The minimum atomic E-state index is 0.768. The van der Waals surface area contributed by atoms with Crippen molar-refractivity contribution in [3.05, 3.63) is 72.9 Å². The average Bonchev–Trinajstić information content (AvgIpc) is 3.12. The van der Waals surface area contributed by atoms with Gasteiger partial charge in [-0.05, 0) is 22.9 Å². The van der Waals surface area contributed by atoms with Crippen LogP contribution in [0.2, 0.25) is 0 Å². The lowest BCUT2D eigenvalue weighted by Gasteiger charge is -2.00. The molecule has 0 amide bonds. The summed E-state index contributed by atoms with van der Waals surface area (Å²) in [5, 5.41) is 2.38. The molecular formula is C19H12N2O. The van der Waals surface area contributed by atoms with Crippen LogP contribution in [-0.4, -0.2) is 9.38 Å². The van der Waals surface area contributed by atoms with E-state index in [-0.39, 0.29) is 0 Å². The smallest absolute Gasteiger partial charge is 0.225 e. The lowest BCUT2D eigenvalue weighted by Crippen LogP contribution is -1.87. The average molecular weight is 284 g/mol. The number of hydrogen-bond donors (Lipinski definition) is 0. The third-order valence-electron chi connectivity index (χ3n) is 4.04. The molecule has 2 aromatic heterocycles. The fourth-order valence-corrected chi connectivity index (χ4v) is 3.01. The number of hydrogen-bond acceptors (Lipinski definition) is 2. The Hall–Kier alpha value is -3.07. The molecule has 0 saturated heterocycles. The van der Waals surface area contributed by atoms with Gasteiger partial charge in [0.25, 0.3) is 0 Å². The van der Waals surface area contributed by atoms with Crippen molar-refractivity contribution >= 4 is 27.6 Å². The second kappa shape index (κ2) is 4.21. The van der Waals surface area contributed by atoms with Gasteiger partial charge in [-0.15, -0.1) is 0 Å². The van der Waals surface area contributed by atoms with E-state index in [4.69, 9.17) is 4.42 Å². The molecule has 0 N–H and O–H groups in total. The second-order valence-electron chi connectivity index (χ2n) is 5.39. The first-order valence-corrected chi connectivity index (χ1v) is 7.24. The van der Waals surface area contributed by atoms with Crippen LogP contribution in [-0.2, 0) is 0 Å². The molecule has 0 aliphatic rings. The van der Waals surface area contributed by atoms with Gasteiger partial charge in [0.05, 0.1) is 11.7 Å². The van der Waals surface area contributed by atoms with Crippen LogP contribution in [0.3, 0.4) is 0 Å². The molecule has 0 aliphatic heterocycles. The monoisotopic (exact) mass is 284 g/mol. The zero-order valence-corrected chi connectivity index (χ0v) is 11.7. The predicted molar refractivity (Wildman–Crippen MR) is 87.9 cm³/mol. The molecule has 0 fully saturated rings. The summed E-state index contributed by atoms with van der Waals surface area (Å²) < 4.78 is 8.04. The fourth-order valence-electron chi connectivity index (χ4n) is 3.01. The van der Waals surface area contributed by atoms with E-state index in [1.165, 1.54) is 10.8 Å². The van der Waals surface area contributed by atoms with E-state index in [0.29, 0.717) is 0 Å². The summed E-state index contributed by atoms with van der Waals surface area (Å²) in [7, 11) is 0. The summed E-state index contributed by atoms with van der Waals surface area (Å²) in [6.45, 7) is 0. The summed E-state index contributed by atoms with van der Waals surface area (Å²) >= 11 is 0. The lowest BCUT2D eigenvalue weighted by molar-refractivity contribution is 0.656. The van der Waals surface area contributed by atoms with Crippen LogP contribution in [0.1, 0.15) is 0 Å². The van der Waals surface area contributed by atoms with Gasteiger partial charge in [0.2, 0.25) is 5.71 Å². The summed E-state index contributed by atoms with van der Waals surface area (Å²) in [4.78, 5) is 4.52. The standard InChI is InChI=1S/C19H12N2O/c1-2-6-13(7-3-1)19-20-12-18-21(19)16-10-14-8-4-5-9-15(14)11-17(16)22-18/h1-12H. The maximum atomic E-state index is 5.96. The Bertz CT molecular complexity index is 1120. The van der Waals surface area contributed by atoms with Crippen molar-refractivity contribution in [1.82, 2.24) is 9.38 Å². The number of oxazole rings is 1. The van der Waals surface area contributed by atoms with E-state index >= 15 is 0 Å². The Balaban J connectivity index is 1.92. The number of nitrogens with zero attached hydrogens (tertiary/aromatic N) is 2. The van der Waals surface area contributed by atoms with E-state index in [2.05, 4.69) is 51.8 Å². The minimum Gasteiger partial charge on any atom is -0.436 e. The topological polar surface area (TPSA) is 30.4 Å². The van der Waals surface area contributed by atoms with Crippen LogP contribution >= 0.6 is 0 Å². The zero-order valence-electron chi connectivity index (χ0n) is 11.7. The van der Waals surface area contributed by atoms with Crippen molar-refractivity contribution in [2.24, 2.45) is 0 Å². The first-order chi connectivity index (χ1) is 10.9. The molecule has 0 atom stereocenters. The molecule has 5 aromatic rings. The Labute approximate surface area is 126 Å². The van der Waals surface area contributed by atoms with Crippen LogP contribution in [0.15, 0.2) is 77.3 Å². The highest BCUT2D eigenvalue weighted by molar-refractivity contribution is 5.96. The summed E-state index contributed by atoms with van der Waals surface area (Å²) in [5.41, 5.74) is 3.78. The van der Waals surface area contributed by atoms with Gasteiger partial charge < -0.3 is 4.42 Å². The molecule has 0 spiro atoms. The van der Waals surface area contributed by atoms with E-state index in [1.54, 1.807) is 6.20 Å². The van der Waals surface area contributed by atoms with Gasteiger partial charge in [0, 0.05) is 5.56 Å². The van der Waals surface area contributed by atoms with Crippen LogP contribution in [0.5, 0.6) is 0 Å². The Morgan fingerprint density at radius 3 is 2.36 bits per heavy atom. The molecule has 0 saturated carbocycles. The number of benzene rings is 3. The Morgan fingerprint density at radius 2 is 1.55 bits per heavy atom. The molecule has 0 unspecified atom stereocenters. The SMILES string of the molecule is c1ccc(-c2ncc3oc4cc5ccccc5cc4n23)cc1. The van der Waals surface area contributed by atoms with E-state index in [0.717, 1.165) is 28.2 Å². The lowest BCUT2D eigenvalue weighted by atomic mass is 10.1. The Kier molecular flexibility index (Phi) is 2.22. The first kappa shape index (κ1) is 11.6. The third-order valence-corrected chi connectivity index (χ3v) is 4.04. The van der Waals surface area contributed by atoms with Crippen molar-refractivity contribution in [1.29, 1.82) is 0 Å². The van der Waals surface area contributed by atoms with Crippen molar-refractivity contribution in [3.8, 4) is 11.4 Å². The number of rotatable bonds is 1. The van der Waals surface area contributed by atoms with Crippen LogP contribution in [0.4, 0.5) is 0 Å². The molecule has 104 valence electrons. The van der Waals surface area contributed by atoms with Crippen molar-refractivity contribution in [3.63, 3.8) is 0 Å². The van der Waals surface area contributed by atoms with Gasteiger partial charge in [-0.25, -0.2) is 4.98 Å². The van der Waals surface area contributed by atoms with Gasteiger partial charge in [-0.3, -0.25) is 4.40 Å².